The van der Waals surface area contributed by atoms with Crippen molar-refractivity contribution in [2.75, 3.05) is 23.7 Å². The summed E-state index contributed by atoms with van der Waals surface area (Å²) in [4.78, 5) is 14.7. The van der Waals surface area contributed by atoms with E-state index in [4.69, 9.17) is 15.9 Å². The third-order valence-electron chi connectivity index (χ3n) is 5.56. The predicted molar refractivity (Wildman–Crippen MR) is 142 cm³/mol. The maximum absolute atomic E-state index is 12.2. The second kappa shape index (κ2) is 11.1. The number of carbonyl (C=O) groups excluding carboxylic acids is 1. The van der Waals surface area contributed by atoms with Crippen molar-refractivity contribution in [2.45, 2.75) is 38.6 Å². The summed E-state index contributed by atoms with van der Waals surface area (Å²) in [5.41, 5.74) is 6.03. The smallest absolute Gasteiger partial charge is 0.283 e. The van der Waals surface area contributed by atoms with E-state index in [-0.39, 0.29) is 12.3 Å². The van der Waals surface area contributed by atoms with E-state index in [1.165, 1.54) is 11.3 Å². The Bertz CT molecular complexity index is 1450. The zero-order valence-electron chi connectivity index (χ0n) is 20.0. The number of carbonyl (C=O) groups is 1. The van der Waals surface area contributed by atoms with Crippen LogP contribution in [-0.2, 0) is 25.7 Å². The van der Waals surface area contributed by atoms with Gasteiger partial charge in [0, 0.05) is 29.1 Å². The van der Waals surface area contributed by atoms with Crippen LogP contribution in [0.3, 0.4) is 0 Å². The standard InChI is InChI=1S/C24H26ClN3O5S3/c1-4-26-33-36(31,32)11-5-10-27-19-13-17(25)7-9-21(19)34-23(27)16(3)24-28(14-22(29)30)18-12-15(2)6-8-20(18)35-24/h6-9,12-13,26H,4-5,10-11,14H2,1-3H3. The van der Waals surface area contributed by atoms with Crippen molar-refractivity contribution in [3.63, 3.8) is 0 Å². The number of fused-ring (bicyclic) bond motifs is 2. The van der Waals surface area contributed by atoms with Crippen LogP contribution < -0.4 is 20.1 Å². The van der Waals surface area contributed by atoms with Crippen molar-refractivity contribution in [1.29, 1.82) is 0 Å². The van der Waals surface area contributed by atoms with Crippen LogP contribution in [0.2, 0.25) is 5.02 Å². The van der Waals surface area contributed by atoms with E-state index in [2.05, 4.69) is 5.48 Å². The van der Waals surface area contributed by atoms with Crippen LogP contribution in [-0.4, -0.2) is 33.2 Å². The zero-order chi connectivity index (χ0) is 26.0. The summed E-state index contributed by atoms with van der Waals surface area (Å²) in [6.45, 7) is 6.18. The lowest BCUT2D eigenvalue weighted by molar-refractivity contribution is -0.663. The Morgan fingerprint density at radius 3 is 2.75 bits per heavy atom. The fourth-order valence-electron chi connectivity index (χ4n) is 4.00. The minimum atomic E-state index is -3.71. The number of carboxylic acid groups (broad SMARTS) is 1. The maximum atomic E-state index is 12.2. The Hall–Kier alpha value is -2.15. The average molecular weight is 568 g/mol. The quantitative estimate of drug-likeness (QED) is 0.293. The molecule has 8 nitrogen and oxygen atoms in total. The van der Waals surface area contributed by atoms with E-state index >= 15 is 0 Å². The molecule has 4 rings (SSSR count). The molecule has 1 aliphatic rings. The summed E-state index contributed by atoms with van der Waals surface area (Å²) in [5.74, 6) is -1.33. The number of hydroxylamine groups is 1. The van der Waals surface area contributed by atoms with Gasteiger partial charge in [0.05, 0.1) is 22.0 Å². The van der Waals surface area contributed by atoms with Gasteiger partial charge in [-0.25, -0.2) is 0 Å². The van der Waals surface area contributed by atoms with E-state index in [1.807, 2.05) is 55.1 Å². The average Bonchev–Trinajstić information content (AvgIpc) is 3.35. The highest BCUT2D eigenvalue weighted by Gasteiger charge is 2.32. The highest BCUT2D eigenvalue weighted by atomic mass is 35.5. The normalized spacial score (nSPS) is 14.9. The number of nitrogens with zero attached hydrogens (tertiary/aromatic N) is 2. The van der Waals surface area contributed by atoms with Crippen LogP contribution in [0, 0.1) is 6.92 Å². The molecule has 0 radical (unpaired) electrons. The summed E-state index contributed by atoms with van der Waals surface area (Å²) in [7, 11) is -3.71. The lowest BCUT2D eigenvalue weighted by atomic mass is 10.2. The molecule has 1 aromatic heterocycles. The van der Waals surface area contributed by atoms with Gasteiger partial charge in [-0.1, -0.05) is 47.7 Å². The first-order valence-electron chi connectivity index (χ1n) is 11.3. The van der Waals surface area contributed by atoms with Crippen LogP contribution in [0.15, 0.2) is 46.3 Å². The summed E-state index contributed by atoms with van der Waals surface area (Å²) in [6, 6.07) is 11.6. The maximum Gasteiger partial charge on any atom is 0.283 e. The molecule has 36 heavy (non-hydrogen) atoms. The number of allylic oxidation sites excluding steroid dienone is 1. The second-order valence-corrected chi connectivity index (χ2v) is 12.5. The SMILES string of the molecule is CCNOS(=O)(=O)CCCN1C(=C(C)c2sc3ccc(C)cc3[n+]2CC(=O)[O-])Sc2ccc(Cl)cc21. The van der Waals surface area contributed by atoms with Gasteiger partial charge < -0.3 is 14.8 Å². The number of hydrogen-bond donors (Lipinski definition) is 1. The number of nitrogens with one attached hydrogen (secondary N) is 1. The number of rotatable bonds is 10. The van der Waals surface area contributed by atoms with Crippen molar-refractivity contribution < 1.29 is 27.2 Å². The van der Waals surface area contributed by atoms with Gasteiger partial charge in [-0.3, -0.25) is 0 Å². The Balaban J connectivity index is 1.75. The molecule has 0 aliphatic carbocycles. The van der Waals surface area contributed by atoms with Crippen molar-refractivity contribution in [2.24, 2.45) is 0 Å². The molecule has 0 saturated heterocycles. The highest BCUT2D eigenvalue weighted by molar-refractivity contribution is 8.04. The predicted octanol–water partition coefficient (Wildman–Crippen LogP) is 3.46. The lowest BCUT2D eigenvalue weighted by Crippen LogP contribution is -2.45. The number of thioether (sulfide) groups is 1. The number of halogens is 1. The summed E-state index contributed by atoms with van der Waals surface area (Å²) < 4.78 is 31.9. The van der Waals surface area contributed by atoms with E-state index in [1.54, 1.807) is 23.3 Å². The number of thiazole rings is 1. The monoisotopic (exact) mass is 567 g/mol. The van der Waals surface area contributed by atoms with E-state index < -0.39 is 16.1 Å². The largest absolute Gasteiger partial charge is 0.544 e. The molecular formula is C24H26ClN3O5S3. The van der Waals surface area contributed by atoms with E-state index in [0.717, 1.165) is 42.0 Å². The molecule has 0 amide bonds. The minimum absolute atomic E-state index is 0.157. The fourth-order valence-corrected chi connectivity index (χ4v) is 7.40. The van der Waals surface area contributed by atoms with Gasteiger partial charge in [-0.05, 0) is 50.1 Å². The molecule has 0 fully saturated rings. The van der Waals surface area contributed by atoms with Gasteiger partial charge in [0.25, 0.3) is 15.1 Å². The zero-order valence-corrected chi connectivity index (χ0v) is 23.2. The van der Waals surface area contributed by atoms with Crippen molar-refractivity contribution in [3.8, 4) is 0 Å². The molecule has 0 atom stereocenters. The molecular weight excluding hydrogens is 542 g/mol. The Morgan fingerprint density at radius 2 is 2.03 bits per heavy atom. The number of hydrogen-bond acceptors (Lipinski definition) is 9. The van der Waals surface area contributed by atoms with Crippen LogP contribution in [0.1, 0.15) is 30.8 Å². The molecule has 0 spiro atoms. The van der Waals surface area contributed by atoms with Gasteiger partial charge in [0.1, 0.15) is 10.7 Å². The van der Waals surface area contributed by atoms with Crippen molar-refractivity contribution in [1.82, 2.24) is 5.48 Å². The number of benzene rings is 2. The molecule has 0 saturated carbocycles. The van der Waals surface area contributed by atoms with Gasteiger partial charge in [-0.15, -0.1) is 0 Å². The number of aryl methyl sites for hydroxylation is 1. The number of anilines is 1. The summed E-state index contributed by atoms with van der Waals surface area (Å²) in [6.07, 6.45) is 0.321. The number of aliphatic carboxylic acids is 1. The Labute approximate surface area is 223 Å². The number of carboxylic acids is 1. The van der Waals surface area contributed by atoms with Gasteiger partial charge in [0.15, 0.2) is 6.54 Å². The van der Waals surface area contributed by atoms with Crippen LogP contribution in [0.4, 0.5) is 5.69 Å². The molecule has 2 aromatic carbocycles. The second-order valence-electron chi connectivity index (χ2n) is 8.33. The third kappa shape index (κ3) is 5.87. The number of aromatic nitrogens is 1. The van der Waals surface area contributed by atoms with Gasteiger partial charge in [-0.2, -0.15) is 22.7 Å². The first-order chi connectivity index (χ1) is 17.1. The molecule has 3 aromatic rings. The lowest BCUT2D eigenvalue weighted by Gasteiger charge is -2.21. The van der Waals surface area contributed by atoms with Gasteiger partial charge in [0.2, 0.25) is 5.52 Å². The van der Waals surface area contributed by atoms with E-state index in [9.17, 15) is 18.3 Å². The van der Waals surface area contributed by atoms with Crippen molar-refractivity contribution >= 4 is 72.3 Å². The minimum Gasteiger partial charge on any atom is -0.544 e. The topological polar surface area (TPSA) is 103 Å². The molecule has 0 unspecified atom stereocenters. The summed E-state index contributed by atoms with van der Waals surface area (Å²) >= 11 is 9.36. The van der Waals surface area contributed by atoms with Gasteiger partial charge >= 0.3 is 0 Å². The van der Waals surface area contributed by atoms with Crippen molar-refractivity contribution in [3.05, 3.63) is 57.0 Å². The molecule has 192 valence electrons. The first-order valence-corrected chi connectivity index (χ1v) is 14.9. The molecule has 0 bridgehead atoms. The van der Waals surface area contributed by atoms with Crippen LogP contribution in [0.25, 0.3) is 15.8 Å². The molecule has 12 heteroatoms. The molecule has 1 N–H and O–H groups in total. The Kier molecular flexibility index (Phi) is 8.28. The molecule has 2 heterocycles. The highest BCUT2D eigenvalue weighted by Crippen LogP contribution is 2.49. The first kappa shape index (κ1) is 26.9. The van der Waals surface area contributed by atoms with Crippen LogP contribution in [0.5, 0.6) is 0 Å². The van der Waals surface area contributed by atoms with Crippen LogP contribution >= 0.6 is 34.7 Å². The summed E-state index contributed by atoms with van der Waals surface area (Å²) in [5, 5.41) is 13.9. The molecule has 1 aliphatic heterocycles. The van der Waals surface area contributed by atoms with E-state index in [0.29, 0.717) is 24.5 Å². The third-order valence-corrected chi connectivity index (χ3v) is 9.52. The fraction of sp³-hybridized carbons (Fsp3) is 0.333. The Morgan fingerprint density at radius 1 is 1.25 bits per heavy atom.